The third-order valence-corrected chi connectivity index (χ3v) is 6.23. The van der Waals surface area contributed by atoms with E-state index in [1.807, 2.05) is 11.9 Å². The van der Waals surface area contributed by atoms with E-state index in [-0.39, 0.29) is 23.8 Å². The van der Waals surface area contributed by atoms with Gasteiger partial charge in [0, 0.05) is 24.4 Å². The highest BCUT2D eigenvalue weighted by molar-refractivity contribution is 7.10. The van der Waals surface area contributed by atoms with Crippen molar-refractivity contribution >= 4 is 23.2 Å². The van der Waals surface area contributed by atoms with Gasteiger partial charge in [-0.25, -0.2) is 0 Å². The lowest BCUT2D eigenvalue weighted by molar-refractivity contribution is -0.148. The summed E-state index contributed by atoms with van der Waals surface area (Å²) in [6.45, 7) is 5.58. The number of rotatable bonds is 4. The van der Waals surface area contributed by atoms with Crippen LogP contribution in [-0.2, 0) is 16.1 Å². The van der Waals surface area contributed by atoms with E-state index in [9.17, 15) is 9.59 Å². The van der Waals surface area contributed by atoms with Crippen LogP contribution in [0.1, 0.15) is 43.0 Å². The summed E-state index contributed by atoms with van der Waals surface area (Å²) in [7, 11) is 1.86. The lowest BCUT2D eigenvalue weighted by Gasteiger charge is -2.37. The molecule has 3 rings (SSSR count). The van der Waals surface area contributed by atoms with Gasteiger partial charge in [-0.1, -0.05) is 6.92 Å². The third kappa shape index (κ3) is 3.44. The molecule has 2 amide bonds. The van der Waals surface area contributed by atoms with Gasteiger partial charge in [-0.3, -0.25) is 9.59 Å². The summed E-state index contributed by atoms with van der Waals surface area (Å²) in [5.41, 5.74) is 1.23. The molecule has 1 saturated carbocycles. The summed E-state index contributed by atoms with van der Waals surface area (Å²) >= 11 is 1.69. The van der Waals surface area contributed by atoms with Crippen LogP contribution in [0.25, 0.3) is 0 Å². The molecule has 0 unspecified atom stereocenters. The molecular weight excluding hydrogens is 308 g/mol. The Morgan fingerprint density at radius 3 is 2.74 bits per heavy atom. The Hall–Kier alpha value is -1.36. The standard InChI is InChI=1S/C18H26N2O2S/c1-12-7-9-23-16(12)11-19(3)18(22)15-6-4-5-8-20(15)17(21)14-10-13(14)2/h7,9,13-15H,4-6,8,10-11H2,1-3H3/t13-,14-,15+/m1/s1. The molecule has 126 valence electrons. The average Bonchev–Trinajstić information content (AvgIpc) is 3.15. The van der Waals surface area contributed by atoms with E-state index in [2.05, 4.69) is 25.3 Å². The largest absolute Gasteiger partial charge is 0.339 e. The van der Waals surface area contributed by atoms with Gasteiger partial charge >= 0.3 is 0 Å². The Morgan fingerprint density at radius 1 is 1.39 bits per heavy atom. The van der Waals surface area contributed by atoms with Gasteiger partial charge in [0.2, 0.25) is 11.8 Å². The molecule has 2 fully saturated rings. The van der Waals surface area contributed by atoms with Gasteiger partial charge in [0.1, 0.15) is 6.04 Å². The van der Waals surface area contributed by atoms with Gasteiger partial charge in [-0.15, -0.1) is 11.3 Å². The molecule has 0 N–H and O–H groups in total. The van der Waals surface area contributed by atoms with Crippen molar-refractivity contribution in [3.05, 3.63) is 21.9 Å². The van der Waals surface area contributed by atoms with E-state index in [1.165, 1.54) is 10.4 Å². The van der Waals surface area contributed by atoms with Crippen molar-refractivity contribution in [2.75, 3.05) is 13.6 Å². The van der Waals surface area contributed by atoms with Crippen molar-refractivity contribution in [3.8, 4) is 0 Å². The number of thiophene rings is 1. The van der Waals surface area contributed by atoms with Crippen LogP contribution in [0.15, 0.2) is 11.4 Å². The van der Waals surface area contributed by atoms with E-state index in [1.54, 1.807) is 16.2 Å². The molecule has 1 aliphatic carbocycles. The molecule has 0 bridgehead atoms. The molecule has 2 heterocycles. The number of hydrogen-bond donors (Lipinski definition) is 0. The molecular formula is C18H26N2O2S. The maximum atomic E-state index is 12.9. The minimum Gasteiger partial charge on any atom is -0.339 e. The summed E-state index contributed by atoms with van der Waals surface area (Å²) in [6.07, 6.45) is 3.84. The van der Waals surface area contributed by atoms with Gasteiger partial charge in [0.25, 0.3) is 0 Å². The van der Waals surface area contributed by atoms with Crippen molar-refractivity contribution in [2.45, 2.75) is 52.1 Å². The highest BCUT2D eigenvalue weighted by Crippen LogP contribution is 2.40. The van der Waals surface area contributed by atoms with Crippen molar-refractivity contribution < 1.29 is 9.59 Å². The summed E-state index contributed by atoms with van der Waals surface area (Å²) in [5, 5.41) is 2.06. The Morgan fingerprint density at radius 2 is 2.13 bits per heavy atom. The zero-order chi connectivity index (χ0) is 16.6. The molecule has 2 aliphatic rings. The van der Waals surface area contributed by atoms with E-state index < -0.39 is 0 Å². The molecule has 3 atom stereocenters. The van der Waals surface area contributed by atoms with E-state index >= 15 is 0 Å². The van der Waals surface area contributed by atoms with Crippen molar-refractivity contribution in [2.24, 2.45) is 11.8 Å². The number of likely N-dealkylation sites (tertiary alicyclic amines) is 1. The predicted molar refractivity (Wildman–Crippen MR) is 92.2 cm³/mol. The number of carbonyl (C=O) groups is 2. The number of likely N-dealkylation sites (N-methyl/N-ethyl adjacent to an activating group) is 1. The molecule has 23 heavy (non-hydrogen) atoms. The van der Waals surface area contributed by atoms with Crippen LogP contribution in [0.4, 0.5) is 0 Å². The first-order chi connectivity index (χ1) is 11.0. The first-order valence-electron chi connectivity index (χ1n) is 8.57. The molecule has 0 spiro atoms. The number of piperidine rings is 1. The lowest BCUT2D eigenvalue weighted by atomic mass is 10.00. The van der Waals surface area contributed by atoms with Crippen LogP contribution in [0, 0.1) is 18.8 Å². The first kappa shape index (κ1) is 16.5. The number of hydrogen-bond acceptors (Lipinski definition) is 3. The van der Waals surface area contributed by atoms with Crippen LogP contribution >= 0.6 is 11.3 Å². The summed E-state index contributed by atoms with van der Waals surface area (Å²) in [4.78, 5) is 30.4. The molecule has 1 aliphatic heterocycles. The fourth-order valence-electron chi connectivity index (χ4n) is 3.45. The number of carbonyl (C=O) groups excluding carboxylic acids is 2. The minimum atomic E-state index is -0.255. The van der Waals surface area contributed by atoms with Crippen LogP contribution in [-0.4, -0.2) is 41.2 Å². The second-order valence-corrected chi connectivity index (χ2v) is 8.08. The third-order valence-electron chi connectivity index (χ3n) is 5.22. The molecule has 0 radical (unpaired) electrons. The maximum Gasteiger partial charge on any atom is 0.245 e. The van der Waals surface area contributed by atoms with Crippen LogP contribution in [0.3, 0.4) is 0 Å². The Bertz CT molecular complexity index is 598. The summed E-state index contributed by atoms with van der Waals surface area (Å²) in [6, 6.07) is 1.83. The van der Waals surface area contributed by atoms with Crippen LogP contribution < -0.4 is 0 Å². The van der Waals surface area contributed by atoms with Crippen molar-refractivity contribution in [1.29, 1.82) is 0 Å². The topological polar surface area (TPSA) is 40.6 Å². The van der Waals surface area contributed by atoms with E-state index in [4.69, 9.17) is 0 Å². The van der Waals surface area contributed by atoms with Gasteiger partial charge in [-0.2, -0.15) is 0 Å². The maximum absolute atomic E-state index is 12.9. The fraction of sp³-hybridized carbons (Fsp3) is 0.667. The van der Waals surface area contributed by atoms with Gasteiger partial charge in [0.05, 0.1) is 6.54 Å². The normalized spacial score (nSPS) is 26.9. The molecule has 1 saturated heterocycles. The lowest BCUT2D eigenvalue weighted by Crippen LogP contribution is -2.52. The summed E-state index contributed by atoms with van der Waals surface area (Å²) < 4.78 is 0. The molecule has 0 aromatic carbocycles. The second-order valence-electron chi connectivity index (χ2n) is 7.08. The predicted octanol–water partition coefficient (Wildman–Crippen LogP) is 3.05. The number of nitrogens with zero attached hydrogens (tertiary/aromatic N) is 2. The number of amides is 2. The van der Waals surface area contributed by atoms with Gasteiger partial charge in [0.15, 0.2) is 0 Å². The molecule has 4 nitrogen and oxygen atoms in total. The zero-order valence-electron chi connectivity index (χ0n) is 14.2. The van der Waals surface area contributed by atoms with Gasteiger partial charge < -0.3 is 9.80 Å². The first-order valence-corrected chi connectivity index (χ1v) is 9.45. The smallest absolute Gasteiger partial charge is 0.245 e. The van der Waals surface area contributed by atoms with Crippen molar-refractivity contribution in [1.82, 2.24) is 9.80 Å². The van der Waals surface area contributed by atoms with Gasteiger partial charge in [-0.05, 0) is 55.5 Å². The van der Waals surface area contributed by atoms with Crippen LogP contribution in [0.5, 0.6) is 0 Å². The van der Waals surface area contributed by atoms with Crippen molar-refractivity contribution in [3.63, 3.8) is 0 Å². The monoisotopic (exact) mass is 334 g/mol. The molecule has 1 aromatic heterocycles. The summed E-state index contributed by atoms with van der Waals surface area (Å²) in [5.74, 6) is 0.954. The number of aryl methyl sites for hydroxylation is 1. The van der Waals surface area contributed by atoms with Crippen LogP contribution in [0.2, 0.25) is 0 Å². The quantitative estimate of drug-likeness (QED) is 0.849. The average molecular weight is 334 g/mol. The zero-order valence-corrected chi connectivity index (χ0v) is 15.1. The Kier molecular flexibility index (Phi) is 4.76. The highest BCUT2D eigenvalue weighted by atomic mass is 32.1. The molecule has 5 heteroatoms. The highest BCUT2D eigenvalue weighted by Gasteiger charge is 2.45. The second kappa shape index (κ2) is 6.63. The Labute approximate surface area is 142 Å². The fourth-order valence-corrected chi connectivity index (χ4v) is 4.40. The SMILES string of the molecule is Cc1ccsc1CN(C)C(=O)[C@@H]1CCCCN1C(=O)[C@@H]1C[C@H]1C. The minimum absolute atomic E-state index is 0.0964. The van der Waals surface area contributed by atoms with E-state index in [0.29, 0.717) is 12.5 Å². The molecule has 1 aromatic rings. The van der Waals surface area contributed by atoms with E-state index in [0.717, 1.165) is 32.2 Å². The Balaban J connectivity index is 1.68.